The van der Waals surface area contributed by atoms with E-state index < -0.39 is 0 Å². The van der Waals surface area contributed by atoms with Crippen molar-refractivity contribution in [3.8, 4) is 0 Å². The van der Waals surface area contributed by atoms with E-state index in [1.807, 2.05) is 12.3 Å². The minimum Gasteiger partial charge on any atom is -0.385 e. The summed E-state index contributed by atoms with van der Waals surface area (Å²) in [5, 5.41) is 3.57. The Kier molecular flexibility index (Phi) is 6.92. The van der Waals surface area contributed by atoms with Gasteiger partial charge < -0.3 is 19.7 Å². The summed E-state index contributed by atoms with van der Waals surface area (Å²) in [4.78, 5) is 6.90. The van der Waals surface area contributed by atoms with Crippen LogP contribution in [-0.4, -0.2) is 51.5 Å². The molecule has 1 aliphatic carbocycles. The van der Waals surface area contributed by atoms with Crippen molar-refractivity contribution in [1.29, 1.82) is 0 Å². The molecule has 0 aromatic carbocycles. The smallest absolute Gasteiger partial charge is 0.133 e. The van der Waals surface area contributed by atoms with Gasteiger partial charge in [0.2, 0.25) is 0 Å². The van der Waals surface area contributed by atoms with Gasteiger partial charge in [0.05, 0.1) is 6.61 Å². The Morgan fingerprint density at radius 3 is 2.76 bits per heavy atom. The van der Waals surface area contributed by atoms with E-state index in [0.29, 0.717) is 12.6 Å². The van der Waals surface area contributed by atoms with Crippen LogP contribution in [0, 0.1) is 0 Å². The van der Waals surface area contributed by atoms with Crippen LogP contribution in [0.1, 0.15) is 24.8 Å². The molecule has 118 valence electrons. The maximum absolute atomic E-state index is 5.23. The van der Waals surface area contributed by atoms with Gasteiger partial charge in [-0.1, -0.05) is 6.07 Å². The fraction of sp³-hybridized carbons (Fsp3) is 0.688. The van der Waals surface area contributed by atoms with Gasteiger partial charge in [-0.2, -0.15) is 0 Å². The molecule has 0 atom stereocenters. The van der Waals surface area contributed by atoms with Crippen LogP contribution in [0.5, 0.6) is 0 Å². The maximum Gasteiger partial charge on any atom is 0.133 e. The topological polar surface area (TPSA) is 46.6 Å². The zero-order valence-electron chi connectivity index (χ0n) is 13.2. The molecule has 1 heterocycles. The minimum absolute atomic E-state index is 0.707. The second kappa shape index (κ2) is 8.97. The first kappa shape index (κ1) is 16.2. The molecule has 1 aromatic heterocycles. The third-order valence-electron chi connectivity index (χ3n) is 3.67. The molecule has 0 bridgehead atoms. The number of ether oxygens (including phenoxy) is 2. The van der Waals surface area contributed by atoms with Gasteiger partial charge in [-0.05, 0) is 25.3 Å². The largest absolute Gasteiger partial charge is 0.385 e. The molecule has 0 unspecified atom stereocenters. The number of hydrogen-bond donors (Lipinski definition) is 1. The Bertz CT molecular complexity index is 410. The Morgan fingerprint density at radius 1 is 1.24 bits per heavy atom. The molecule has 1 aromatic rings. The van der Waals surface area contributed by atoms with Crippen LogP contribution in [0.15, 0.2) is 18.3 Å². The fourth-order valence-electron chi connectivity index (χ4n) is 2.32. The number of rotatable bonds is 11. The number of methoxy groups -OCH3 is 2. The van der Waals surface area contributed by atoms with E-state index in [0.717, 1.165) is 38.5 Å². The predicted octanol–water partition coefficient (Wildman–Crippen LogP) is 1.82. The van der Waals surface area contributed by atoms with Crippen molar-refractivity contribution >= 4 is 5.82 Å². The number of hydrogen-bond acceptors (Lipinski definition) is 5. The van der Waals surface area contributed by atoms with Crippen molar-refractivity contribution in [3.05, 3.63) is 23.9 Å². The molecule has 1 fully saturated rings. The summed E-state index contributed by atoms with van der Waals surface area (Å²) in [5.74, 6) is 1.07. The van der Waals surface area contributed by atoms with Gasteiger partial charge in [0, 0.05) is 58.3 Å². The lowest BCUT2D eigenvalue weighted by atomic mass is 10.2. The lowest BCUT2D eigenvalue weighted by molar-refractivity contribution is 0.191. The van der Waals surface area contributed by atoms with Crippen LogP contribution < -0.4 is 10.2 Å². The molecule has 0 saturated heterocycles. The van der Waals surface area contributed by atoms with Crippen molar-refractivity contribution in [2.75, 3.05) is 45.4 Å². The summed E-state index contributed by atoms with van der Waals surface area (Å²) >= 11 is 0. The van der Waals surface area contributed by atoms with E-state index in [2.05, 4.69) is 21.3 Å². The third-order valence-corrected chi connectivity index (χ3v) is 3.67. The van der Waals surface area contributed by atoms with Gasteiger partial charge in [0.15, 0.2) is 0 Å². The molecule has 1 saturated carbocycles. The molecule has 0 radical (unpaired) electrons. The molecule has 1 aliphatic rings. The molecular formula is C16H27N3O2. The first-order chi connectivity index (χ1) is 10.3. The fourth-order valence-corrected chi connectivity index (χ4v) is 2.32. The highest BCUT2D eigenvalue weighted by molar-refractivity contribution is 5.46. The third kappa shape index (κ3) is 5.61. The van der Waals surface area contributed by atoms with Crippen LogP contribution >= 0.6 is 0 Å². The van der Waals surface area contributed by atoms with E-state index >= 15 is 0 Å². The highest BCUT2D eigenvalue weighted by Gasteiger charge is 2.21. The van der Waals surface area contributed by atoms with Crippen molar-refractivity contribution < 1.29 is 9.47 Å². The SMILES string of the molecule is COCCCN(CCOC)c1ncccc1CNC1CC1. The van der Waals surface area contributed by atoms with E-state index in [-0.39, 0.29) is 0 Å². The monoisotopic (exact) mass is 293 g/mol. The molecule has 1 N–H and O–H groups in total. The summed E-state index contributed by atoms with van der Waals surface area (Å²) < 4.78 is 10.4. The Labute approximate surface area is 127 Å². The summed E-state index contributed by atoms with van der Waals surface area (Å²) in [5.41, 5.74) is 1.26. The molecule has 5 nitrogen and oxygen atoms in total. The first-order valence-corrected chi connectivity index (χ1v) is 7.75. The van der Waals surface area contributed by atoms with Gasteiger partial charge in [-0.25, -0.2) is 4.98 Å². The van der Waals surface area contributed by atoms with Crippen molar-refractivity contribution in [3.63, 3.8) is 0 Å². The number of nitrogens with one attached hydrogen (secondary N) is 1. The molecule has 0 aliphatic heterocycles. The lowest BCUT2D eigenvalue weighted by Crippen LogP contribution is -2.31. The molecule has 0 amide bonds. The van der Waals surface area contributed by atoms with Crippen molar-refractivity contribution in [2.24, 2.45) is 0 Å². The zero-order valence-corrected chi connectivity index (χ0v) is 13.2. The standard InChI is InChI=1S/C16H27N3O2/c1-20-11-4-9-19(10-12-21-2)16-14(5-3-8-17-16)13-18-15-6-7-15/h3,5,8,15,18H,4,6-7,9-13H2,1-2H3. The summed E-state index contributed by atoms with van der Waals surface area (Å²) in [7, 11) is 3.48. The summed E-state index contributed by atoms with van der Waals surface area (Å²) in [6.45, 7) is 4.16. The molecular weight excluding hydrogens is 266 g/mol. The molecule has 2 rings (SSSR count). The van der Waals surface area contributed by atoms with Gasteiger partial charge in [0.1, 0.15) is 5.82 Å². The van der Waals surface area contributed by atoms with Gasteiger partial charge >= 0.3 is 0 Å². The molecule has 0 spiro atoms. The minimum atomic E-state index is 0.707. The second-order valence-corrected chi connectivity index (χ2v) is 5.47. The zero-order chi connectivity index (χ0) is 14.9. The van der Waals surface area contributed by atoms with E-state index in [4.69, 9.17) is 9.47 Å². The summed E-state index contributed by atoms with van der Waals surface area (Å²) in [6.07, 6.45) is 5.46. The normalized spacial score (nSPS) is 14.4. The van der Waals surface area contributed by atoms with Crippen molar-refractivity contribution in [2.45, 2.75) is 31.8 Å². The second-order valence-electron chi connectivity index (χ2n) is 5.47. The molecule has 21 heavy (non-hydrogen) atoms. The van der Waals surface area contributed by atoms with Crippen LogP contribution in [-0.2, 0) is 16.0 Å². The quantitative estimate of drug-likeness (QED) is 0.631. The van der Waals surface area contributed by atoms with Crippen LogP contribution in [0.4, 0.5) is 5.82 Å². The van der Waals surface area contributed by atoms with Crippen LogP contribution in [0.25, 0.3) is 0 Å². The van der Waals surface area contributed by atoms with Crippen molar-refractivity contribution in [1.82, 2.24) is 10.3 Å². The van der Waals surface area contributed by atoms with E-state index in [1.165, 1.54) is 18.4 Å². The highest BCUT2D eigenvalue weighted by atomic mass is 16.5. The van der Waals surface area contributed by atoms with E-state index in [1.54, 1.807) is 14.2 Å². The Hall–Kier alpha value is -1.17. The molecule has 5 heteroatoms. The number of nitrogens with zero attached hydrogens (tertiary/aromatic N) is 2. The predicted molar refractivity (Wildman–Crippen MR) is 84.7 cm³/mol. The number of aromatic nitrogens is 1. The number of pyridine rings is 1. The van der Waals surface area contributed by atoms with Crippen LogP contribution in [0.2, 0.25) is 0 Å². The average molecular weight is 293 g/mol. The Balaban J connectivity index is 2.00. The average Bonchev–Trinajstić information content (AvgIpc) is 3.33. The van der Waals surface area contributed by atoms with Gasteiger partial charge in [-0.3, -0.25) is 0 Å². The highest BCUT2D eigenvalue weighted by Crippen LogP contribution is 2.22. The van der Waals surface area contributed by atoms with Gasteiger partial charge in [-0.15, -0.1) is 0 Å². The summed E-state index contributed by atoms with van der Waals surface area (Å²) in [6, 6.07) is 4.88. The Morgan fingerprint density at radius 2 is 2.05 bits per heavy atom. The first-order valence-electron chi connectivity index (χ1n) is 7.75. The van der Waals surface area contributed by atoms with Gasteiger partial charge in [0.25, 0.3) is 0 Å². The number of anilines is 1. The van der Waals surface area contributed by atoms with E-state index in [9.17, 15) is 0 Å². The van der Waals surface area contributed by atoms with Crippen LogP contribution in [0.3, 0.4) is 0 Å². The maximum atomic E-state index is 5.23. The lowest BCUT2D eigenvalue weighted by Gasteiger charge is -2.25.